The molecule has 82 valence electrons. The fourth-order valence-corrected chi connectivity index (χ4v) is 1.95. The van der Waals surface area contributed by atoms with Gasteiger partial charge in [0.15, 0.2) is 0 Å². The van der Waals surface area contributed by atoms with Gasteiger partial charge in [-0.1, -0.05) is 0 Å². The van der Waals surface area contributed by atoms with Gasteiger partial charge in [0.2, 0.25) is 0 Å². The number of hydrogen-bond acceptors (Lipinski definition) is 2. The Bertz CT molecular complexity index is 189. The summed E-state index contributed by atoms with van der Waals surface area (Å²) in [5.74, 6) is -0.0443. The second-order valence-corrected chi connectivity index (χ2v) is 4.34. The Morgan fingerprint density at radius 3 is 2.43 bits per heavy atom. The Balaban J connectivity index is 2.27. The van der Waals surface area contributed by atoms with E-state index in [0.717, 1.165) is 6.54 Å². The lowest BCUT2D eigenvalue weighted by Gasteiger charge is -2.28. The summed E-state index contributed by atoms with van der Waals surface area (Å²) in [5.41, 5.74) is 0. The highest BCUT2D eigenvalue weighted by Gasteiger charge is 2.24. The van der Waals surface area contributed by atoms with Crippen molar-refractivity contribution in [3.8, 4) is 0 Å². The maximum absolute atomic E-state index is 11.2. The van der Waals surface area contributed by atoms with Gasteiger partial charge in [0.05, 0.1) is 20.7 Å². The van der Waals surface area contributed by atoms with Crippen LogP contribution in [-0.4, -0.2) is 52.9 Å². The zero-order valence-electron chi connectivity index (χ0n) is 9.43. The molecule has 0 aromatic heterocycles. The molecule has 1 rings (SSSR count). The molecule has 0 saturated carbocycles. The lowest BCUT2D eigenvalue weighted by atomic mass is 10.1. The highest BCUT2D eigenvalue weighted by molar-refractivity contribution is 5.71. The molecule has 1 saturated heterocycles. The van der Waals surface area contributed by atoms with Crippen LogP contribution in [0.15, 0.2) is 0 Å². The maximum Gasteiger partial charge on any atom is 0.314 e. The largest absolute Gasteiger partial charge is 0.469 e. The normalized spacial score (nSPS) is 29.6. The monoisotopic (exact) mass is 202 g/mol. The Morgan fingerprint density at radius 2 is 1.93 bits per heavy atom. The number of carbonyl (C=O) groups is 1. The van der Waals surface area contributed by atoms with Gasteiger partial charge in [0, 0.05) is 0 Å². The van der Waals surface area contributed by atoms with E-state index >= 15 is 0 Å². The van der Waals surface area contributed by atoms with Crippen molar-refractivity contribution >= 4 is 5.97 Å². The van der Waals surface area contributed by atoms with Gasteiger partial charge in [-0.25, -0.2) is 0 Å². The Morgan fingerprint density at radius 1 is 1.36 bits per heavy atom. The third kappa shape index (κ3) is 3.27. The molecular weight excluding hydrogens is 180 g/mol. The van der Waals surface area contributed by atoms with Crippen molar-refractivity contribution in [3.05, 3.63) is 0 Å². The lowest BCUT2D eigenvalue weighted by molar-refractivity contribution is -1.00. The predicted octanol–water partition coefficient (Wildman–Crippen LogP) is -2.79. The van der Waals surface area contributed by atoms with Gasteiger partial charge in [-0.05, 0) is 6.92 Å². The Kier molecular flexibility index (Phi) is 4.35. The number of esters is 1. The molecule has 4 nitrogen and oxygen atoms in total. The fourth-order valence-electron chi connectivity index (χ4n) is 1.95. The smallest absolute Gasteiger partial charge is 0.314 e. The number of carbonyl (C=O) groups excluding carboxylic acids is 1. The lowest BCUT2D eigenvalue weighted by Crippen LogP contribution is -3.27. The molecule has 1 fully saturated rings. The molecule has 0 unspecified atom stereocenters. The number of nitrogens with one attached hydrogen (secondary N) is 2. The molecule has 0 bridgehead atoms. The number of likely N-dealkylation sites (N-methyl/N-ethyl adjacent to an activating group) is 1. The number of ether oxygens (including phenoxy) is 1. The molecular formula is C10H22N2O2+2. The molecule has 0 amide bonds. The van der Waals surface area contributed by atoms with Crippen LogP contribution < -0.4 is 9.80 Å². The van der Waals surface area contributed by atoms with Gasteiger partial charge < -0.3 is 14.5 Å². The van der Waals surface area contributed by atoms with Gasteiger partial charge in [-0.3, -0.25) is 4.79 Å². The van der Waals surface area contributed by atoms with Crippen LogP contribution in [0.2, 0.25) is 0 Å². The third-order valence-electron chi connectivity index (χ3n) is 3.01. The summed E-state index contributed by atoms with van der Waals surface area (Å²) >= 11 is 0. The van der Waals surface area contributed by atoms with Crippen molar-refractivity contribution in [1.29, 1.82) is 0 Å². The number of rotatable bonds is 3. The molecule has 1 heterocycles. The first-order valence-electron chi connectivity index (χ1n) is 5.36. The minimum absolute atomic E-state index is 0.0356. The van der Waals surface area contributed by atoms with Crippen LogP contribution >= 0.6 is 0 Å². The Hall–Kier alpha value is -0.610. The van der Waals surface area contributed by atoms with E-state index in [4.69, 9.17) is 4.74 Å². The van der Waals surface area contributed by atoms with Gasteiger partial charge >= 0.3 is 5.97 Å². The molecule has 1 atom stereocenters. The second-order valence-electron chi connectivity index (χ2n) is 4.34. The second kappa shape index (κ2) is 5.32. The van der Waals surface area contributed by atoms with Crippen molar-refractivity contribution in [3.63, 3.8) is 0 Å². The topological polar surface area (TPSA) is 35.2 Å². The summed E-state index contributed by atoms with van der Waals surface area (Å²) in [6, 6.07) is 0. The van der Waals surface area contributed by atoms with Crippen LogP contribution in [0, 0.1) is 5.92 Å². The molecule has 4 heteroatoms. The van der Waals surface area contributed by atoms with Crippen LogP contribution in [-0.2, 0) is 9.53 Å². The van der Waals surface area contributed by atoms with Gasteiger partial charge in [-0.15, -0.1) is 0 Å². The molecule has 0 aliphatic carbocycles. The summed E-state index contributed by atoms with van der Waals surface area (Å²) in [6.45, 7) is 7.64. The van der Waals surface area contributed by atoms with Crippen molar-refractivity contribution in [2.75, 3.05) is 46.9 Å². The number of hydrogen-bond donors (Lipinski definition) is 2. The minimum atomic E-state index is -0.0798. The summed E-state index contributed by atoms with van der Waals surface area (Å²) in [4.78, 5) is 14.3. The first-order valence-corrected chi connectivity index (χ1v) is 5.36. The van der Waals surface area contributed by atoms with Crippen LogP contribution in [0.4, 0.5) is 0 Å². The minimum Gasteiger partial charge on any atom is -0.469 e. The molecule has 14 heavy (non-hydrogen) atoms. The molecule has 0 spiro atoms. The molecule has 0 aromatic carbocycles. The standard InChI is InChI=1S/C10H20N2O2/c1-9(10(13)14-3)8-12-6-4-11(2)5-7-12/h9H,4-8H2,1-3H3/p+2/t9-/m1/s1. The zero-order chi connectivity index (χ0) is 10.6. The van der Waals surface area contributed by atoms with E-state index in [-0.39, 0.29) is 11.9 Å². The van der Waals surface area contributed by atoms with E-state index in [0.29, 0.717) is 0 Å². The number of quaternary nitrogens is 2. The SMILES string of the molecule is COC(=O)[C@H](C)C[NH+]1CC[NH+](C)CC1. The zero-order valence-corrected chi connectivity index (χ0v) is 9.43. The number of methoxy groups -OCH3 is 1. The maximum atomic E-state index is 11.2. The predicted molar refractivity (Wildman–Crippen MR) is 53.4 cm³/mol. The Labute approximate surface area is 85.8 Å². The fraction of sp³-hybridized carbons (Fsp3) is 0.900. The first kappa shape index (κ1) is 11.5. The average Bonchev–Trinajstić information content (AvgIpc) is 2.20. The summed E-state index contributed by atoms with van der Waals surface area (Å²) < 4.78 is 4.72. The highest BCUT2D eigenvalue weighted by Crippen LogP contribution is 1.92. The molecule has 0 radical (unpaired) electrons. The molecule has 0 aromatic rings. The van der Waals surface area contributed by atoms with Gasteiger partial charge in [0.1, 0.15) is 32.1 Å². The summed E-state index contributed by atoms with van der Waals surface area (Å²) in [6.07, 6.45) is 0. The number of piperazine rings is 1. The molecule has 1 aliphatic heterocycles. The summed E-state index contributed by atoms with van der Waals surface area (Å²) in [5, 5.41) is 0. The van der Waals surface area contributed by atoms with Crippen LogP contribution in [0.1, 0.15) is 6.92 Å². The van der Waals surface area contributed by atoms with Crippen LogP contribution in [0.25, 0.3) is 0 Å². The molecule has 1 aliphatic rings. The van der Waals surface area contributed by atoms with Crippen molar-refractivity contribution in [2.24, 2.45) is 5.92 Å². The van der Waals surface area contributed by atoms with Gasteiger partial charge in [-0.2, -0.15) is 0 Å². The van der Waals surface area contributed by atoms with E-state index in [2.05, 4.69) is 7.05 Å². The van der Waals surface area contributed by atoms with E-state index in [1.807, 2.05) is 6.92 Å². The quantitative estimate of drug-likeness (QED) is 0.485. The van der Waals surface area contributed by atoms with E-state index < -0.39 is 0 Å². The van der Waals surface area contributed by atoms with Crippen LogP contribution in [0.3, 0.4) is 0 Å². The van der Waals surface area contributed by atoms with E-state index in [1.165, 1.54) is 38.2 Å². The van der Waals surface area contributed by atoms with E-state index in [9.17, 15) is 4.79 Å². The highest BCUT2D eigenvalue weighted by atomic mass is 16.5. The van der Waals surface area contributed by atoms with Crippen molar-refractivity contribution < 1.29 is 19.3 Å². The third-order valence-corrected chi connectivity index (χ3v) is 3.01. The first-order chi connectivity index (χ1) is 6.63. The van der Waals surface area contributed by atoms with E-state index in [1.54, 1.807) is 4.90 Å². The van der Waals surface area contributed by atoms with Crippen LogP contribution in [0.5, 0.6) is 0 Å². The summed E-state index contributed by atoms with van der Waals surface area (Å²) in [7, 11) is 3.68. The van der Waals surface area contributed by atoms with Crippen molar-refractivity contribution in [2.45, 2.75) is 6.92 Å². The average molecular weight is 202 g/mol. The molecule has 2 N–H and O–H groups in total. The van der Waals surface area contributed by atoms with Crippen molar-refractivity contribution in [1.82, 2.24) is 0 Å². The van der Waals surface area contributed by atoms with Gasteiger partial charge in [0.25, 0.3) is 0 Å².